The highest BCUT2D eigenvalue weighted by molar-refractivity contribution is 5.93. The number of aromatic amines is 1. The molecule has 0 spiro atoms. The molecule has 0 aromatic carbocycles. The van der Waals surface area contributed by atoms with Crippen molar-refractivity contribution >= 4 is 23.7 Å². The Hall–Kier alpha value is -2.99. The van der Waals surface area contributed by atoms with Gasteiger partial charge in [0.2, 0.25) is 17.7 Å². The van der Waals surface area contributed by atoms with Crippen LogP contribution >= 0.6 is 0 Å². The number of amides is 3. The first-order chi connectivity index (χ1) is 12.6. The van der Waals surface area contributed by atoms with Crippen LogP contribution < -0.4 is 21.7 Å². The van der Waals surface area contributed by atoms with E-state index in [0.29, 0.717) is 5.69 Å². The third-order valence-corrected chi connectivity index (χ3v) is 3.57. The molecule has 1 rings (SSSR count). The van der Waals surface area contributed by atoms with Crippen LogP contribution in [0.2, 0.25) is 0 Å². The van der Waals surface area contributed by atoms with Gasteiger partial charge < -0.3 is 36.9 Å². The maximum atomic E-state index is 12.2. The van der Waals surface area contributed by atoms with E-state index in [1.165, 1.54) is 26.4 Å². The van der Waals surface area contributed by atoms with E-state index in [4.69, 9.17) is 5.73 Å². The zero-order chi connectivity index (χ0) is 20.6. The maximum absolute atomic E-state index is 12.2. The van der Waals surface area contributed by atoms with Crippen molar-refractivity contribution in [3.63, 3.8) is 0 Å². The highest BCUT2D eigenvalue weighted by Gasteiger charge is 2.27. The van der Waals surface area contributed by atoms with Gasteiger partial charge in [-0.15, -0.1) is 0 Å². The van der Waals surface area contributed by atoms with Crippen molar-refractivity contribution in [1.29, 1.82) is 0 Å². The second-order valence-electron chi connectivity index (χ2n) is 5.94. The zero-order valence-corrected chi connectivity index (χ0v) is 14.9. The van der Waals surface area contributed by atoms with Crippen molar-refractivity contribution in [3.8, 4) is 0 Å². The number of H-pyrrole nitrogens is 1. The molecule has 0 aliphatic heterocycles. The average Bonchev–Trinajstić information content (AvgIpc) is 3.11. The summed E-state index contributed by atoms with van der Waals surface area (Å²) in [5.74, 6) is -3.46. The quantitative estimate of drug-likeness (QED) is 0.219. The first kappa shape index (κ1) is 22.1. The minimum Gasteiger partial charge on any atom is -0.480 e. The lowest BCUT2D eigenvalue weighted by atomic mass is 10.1. The number of carboxylic acid groups (broad SMARTS) is 1. The van der Waals surface area contributed by atoms with Crippen LogP contribution in [-0.2, 0) is 25.6 Å². The molecule has 12 heteroatoms. The van der Waals surface area contributed by atoms with Crippen LogP contribution in [0, 0.1) is 0 Å². The predicted octanol–water partition coefficient (Wildman–Crippen LogP) is -3.15. The number of rotatable bonds is 10. The number of nitrogens with two attached hydrogens (primary N) is 1. The van der Waals surface area contributed by atoms with E-state index in [1.807, 2.05) is 0 Å². The Kier molecular flexibility index (Phi) is 8.35. The van der Waals surface area contributed by atoms with E-state index in [-0.39, 0.29) is 6.42 Å². The topological polar surface area (TPSA) is 200 Å². The zero-order valence-electron chi connectivity index (χ0n) is 14.9. The molecule has 4 unspecified atom stereocenters. The van der Waals surface area contributed by atoms with Gasteiger partial charge in [0, 0.05) is 18.3 Å². The lowest BCUT2D eigenvalue weighted by Crippen LogP contribution is -2.57. The minimum absolute atomic E-state index is 0.0224. The maximum Gasteiger partial charge on any atom is 0.326 e. The van der Waals surface area contributed by atoms with Crippen LogP contribution in [0.3, 0.4) is 0 Å². The summed E-state index contributed by atoms with van der Waals surface area (Å²) in [4.78, 5) is 53.6. The lowest BCUT2D eigenvalue weighted by molar-refractivity contribution is -0.142. The Morgan fingerprint density at radius 1 is 1.11 bits per heavy atom. The van der Waals surface area contributed by atoms with Gasteiger partial charge in [0.15, 0.2) is 0 Å². The fraction of sp³-hybridized carbons (Fsp3) is 0.533. The number of nitrogens with zero attached hydrogens (tertiary/aromatic N) is 1. The number of aromatic nitrogens is 2. The summed E-state index contributed by atoms with van der Waals surface area (Å²) < 4.78 is 0. The Bertz CT molecular complexity index is 662. The molecule has 4 atom stereocenters. The van der Waals surface area contributed by atoms with Gasteiger partial charge in [-0.25, -0.2) is 9.78 Å². The molecule has 1 heterocycles. The van der Waals surface area contributed by atoms with Gasteiger partial charge in [0.05, 0.1) is 19.0 Å². The lowest BCUT2D eigenvalue weighted by Gasteiger charge is -2.21. The smallest absolute Gasteiger partial charge is 0.326 e. The number of aliphatic carboxylic acids is 1. The first-order valence-electron chi connectivity index (χ1n) is 8.13. The van der Waals surface area contributed by atoms with Crippen LogP contribution in [0.15, 0.2) is 12.5 Å². The standard InChI is InChI=1S/C15H24N6O6/c1-7(16)12(23)21-11(5-22)14(25)19-8(2)13(24)20-10(15(26)27)3-9-4-17-6-18-9/h4,6-8,10-11,22H,3,5,16H2,1-2H3,(H,17,18)(H,19,25)(H,20,24)(H,21,23)(H,26,27). The summed E-state index contributed by atoms with van der Waals surface area (Å²) in [5, 5.41) is 25.3. The van der Waals surface area contributed by atoms with E-state index in [2.05, 4.69) is 25.9 Å². The molecule has 27 heavy (non-hydrogen) atoms. The normalized spacial score (nSPS) is 15.1. The van der Waals surface area contributed by atoms with Crippen LogP contribution in [0.4, 0.5) is 0 Å². The fourth-order valence-electron chi connectivity index (χ4n) is 1.99. The molecule has 12 nitrogen and oxygen atoms in total. The molecule has 150 valence electrons. The number of hydrogen-bond acceptors (Lipinski definition) is 7. The summed E-state index contributed by atoms with van der Waals surface area (Å²) in [6, 6.07) is -4.52. The molecule has 0 aliphatic carbocycles. The second-order valence-corrected chi connectivity index (χ2v) is 5.94. The van der Waals surface area contributed by atoms with Crippen LogP contribution in [0.1, 0.15) is 19.5 Å². The van der Waals surface area contributed by atoms with Gasteiger partial charge in [0.25, 0.3) is 0 Å². The summed E-state index contributed by atoms with van der Waals surface area (Å²) in [7, 11) is 0. The molecule has 0 saturated heterocycles. The Balaban J connectivity index is 2.63. The summed E-state index contributed by atoms with van der Waals surface area (Å²) in [5.41, 5.74) is 5.89. The van der Waals surface area contributed by atoms with Crippen molar-refractivity contribution < 1.29 is 29.4 Å². The van der Waals surface area contributed by atoms with Gasteiger partial charge in [-0.3, -0.25) is 14.4 Å². The van der Waals surface area contributed by atoms with E-state index in [0.717, 1.165) is 0 Å². The van der Waals surface area contributed by atoms with Crippen molar-refractivity contribution in [2.24, 2.45) is 5.73 Å². The van der Waals surface area contributed by atoms with Gasteiger partial charge in [-0.05, 0) is 13.8 Å². The van der Waals surface area contributed by atoms with E-state index < -0.39 is 54.5 Å². The van der Waals surface area contributed by atoms with Crippen molar-refractivity contribution in [2.75, 3.05) is 6.61 Å². The third-order valence-electron chi connectivity index (χ3n) is 3.57. The molecule has 0 aliphatic rings. The monoisotopic (exact) mass is 384 g/mol. The van der Waals surface area contributed by atoms with Gasteiger partial charge in [-0.1, -0.05) is 0 Å². The Morgan fingerprint density at radius 3 is 2.22 bits per heavy atom. The highest BCUT2D eigenvalue weighted by atomic mass is 16.4. The molecule has 1 aromatic heterocycles. The fourth-order valence-corrected chi connectivity index (χ4v) is 1.99. The number of carbonyl (C=O) groups is 4. The number of carboxylic acids is 1. The number of aliphatic hydroxyl groups is 1. The highest BCUT2D eigenvalue weighted by Crippen LogP contribution is 2.00. The number of carbonyl (C=O) groups excluding carboxylic acids is 3. The predicted molar refractivity (Wildman–Crippen MR) is 92.1 cm³/mol. The molecule has 0 radical (unpaired) electrons. The molecule has 0 bridgehead atoms. The van der Waals surface area contributed by atoms with Crippen molar-refractivity contribution in [1.82, 2.24) is 25.9 Å². The average molecular weight is 384 g/mol. The summed E-state index contributed by atoms with van der Waals surface area (Å²) in [6.07, 6.45) is 2.79. The number of aliphatic hydroxyl groups excluding tert-OH is 1. The summed E-state index contributed by atoms with van der Waals surface area (Å²) in [6.45, 7) is 2.05. The number of hydrogen-bond donors (Lipinski definition) is 7. The van der Waals surface area contributed by atoms with Gasteiger partial charge in [0.1, 0.15) is 18.1 Å². The van der Waals surface area contributed by atoms with Gasteiger partial charge >= 0.3 is 5.97 Å². The largest absolute Gasteiger partial charge is 0.480 e. The van der Waals surface area contributed by atoms with E-state index in [1.54, 1.807) is 0 Å². The molecule has 0 saturated carbocycles. The molecular weight excluding hydrogens is 360 g/mol. The van der Waals surface area contributed by atoms with Crippen molar-refractivity contribution in [3.05, 3.63) is 18.2 Å². The van der Waals surface area contributed by atoms with E-state index in [9.17, 15) is 29.4 Å². The third kappa shape index (κ3) is 7.03. The van der Waals surface area contributed by atoms with Gasteiger partial charge in [-0.2, -0.15) is 0 Å². The van der Waals surface area contributed by atoms with Crippen molar-refractivity contribution in [2.45, 2.75) is 44.4 Å². The Labute approximate surface area is 154 Å². The van der Waals surface area contributed by atoms with E-state index >= 15 is 0 Å². The summed E-state index contributed by atoms with van der Waals surface area (Å²) >= 11 is 0. The first-order valence-corrected chi connectivity index (χ1v) is 8.13. The molecule has 1 aromatic rings. The molecule has 8 N–H and O–H groups in total. The minimum atomic E-state index is -1.29. The SMILES string of the molecule is CC(N)C(=O)NC(CO)C(=O)NC(C)C(=O)NC(Cc1cnc[nH]1)C(=O)O. The second kappa shape index (κ2) is 10.2. The number of nitrogens with one attached hydrogen (secondary N) is 4. The van der Waals surface area contributed by atoms with Crippen LogP contribution in [-0.4, -0.2) is 74.6 Å². The van der Waals surface area contributed by atoms with Crippen LogP contribution in [0.25, 0.3) is 0 Å². The molecule has 3 amide bonds. The molecule has 0 fully saturated rings. The molecular formula is C15H24N6O6. The Morgan fingerprint density at radius 2 is 1.74 bits per heavy atom. The number of imidazole rings is 1. The van der Waals surface area contributed by atoms with Crippen LogP contribution in [0.5, 0.6) is 0 Å².